The lowest BCUT2D eigenvalue weighted by Crippen LogP contribution is -2.29. The molecular weight excluding hydrogens is 246 g/mol. The van der Waals surface area contributed by atoms with Crippen molar-refractivity contribution in [3.63, 3.8) is 0 Å². The van der Waals surface area contributed by atoms with Gasteiger partial charge in [0.2, 0.25) is 0 Å². The van der Waals surface area contributed by atoms with E-state index in [0.717, 1.165) is 12.2 Å². The summed E-state index contributed by atoms with van der Waals surface area (Å²) in [6, 6.07) is 3.94. The Hall–Kier alpha value is -1.91. The lowest BCUT2D eigenvalue weighted by atomic mass is 9.78. The van der Waals surface area contributed by atoms with Crippen molar-refractivity contribution in [1.29, 1.82) is 0 Å². The van der Waals surface area contributed by atoms with Crippen molar-refractivity contribution in [2.24, 2.45) is 0 Å². The zero-order valence-corrected chi connectivity index (χ0v) is 11.5. The second-order valence-corrected chi connectivity index (χ2v) is 4.44. The Morgan fingerprint density at radius 3 is 2.63 bits per heavy atom. The zero-order valence-electron chi connectivity index (χ0n) is 11.5. The second-order valence-electron chi connectivity index (χ2n) is 4.44. The van der Waals surface area contributed by atoms with Crippen LogP contribution in [0.25, 0.3) is 0 Å². The summed E-state index contributed by atoms with van der Waals surface area (Å²) in [6.07, 6.45) is 0.533. The highest BCUT2D eigenvalue weighted by atomic mass is 16.5. The van der Waals surface area contributed by atoms with Gasteiger partial charge in [-0.2, -0.15) is 0 Å². The molecule has 1 aromatic rings. The van der Waals surface area contributed by atoms with Crippen LogP contribution < -0.4 is 14.8 Å². The van der Waals surface area contributed by atoms with Crippen LogP contribution in [0.15, 0.2) is 12.1 Å². The fraction of sp³-hybridized carbons (Fsp3) is 0.500. The molecule has 0 spiro atoms. The molecule has 1 N–H and O–H groups in total. The Labute approximate surface area is 112 Å². The van der Waals surface area contributed by atoms with Crippen LogP contribution in [0.2, 0.25) is 0 Å². The van der Waals surface area contributed by atoms with Crippen LogP contribution in [0.5, 0.6) is 11.5 Å². The van der Waals surface area contributed by atoms with Gasteiger partial charge in [0.15, 0.2) is 11.5 Å². The van der Waals surface area contributed by atoms with E-state index in [1.54, 1.807) is 14.2 Å². The van der Waals surface area contributed by atoms with Gasteiger partial charge >= 0.3 is 6.09 Å². The molecule has 0 aromatic heterocycles. The molecule has 1 atom stereocenters. The lowest BCUT2D eigenvalue weighted by Gasteiger charge is -2.30. The van der Waals surface area contributed by atoms with E-state index in [9.17, 15) is 4.79 Å². The Morgan fingerprint density at radius 2 is 2.00 bits per heavy atom. The van der Waals surface area contributed by atoms with E-state index in [2.05, 4.69) is 5.32 Å². The predicted molar refractivity (Wildman–Crippen MR) is 71.0 cm³/mol. The normalized spacial score (nSPS) is 16.1. The van der Waals surface area contributed by atoms with Crippen molar-refractivity contribution < 1.29 is 19.0 Å². The molecule has 1 aliphatic rings. The molecule has 0 saturated carbocycles. The molecule has 0 bridgehead atoms. The summed E-state index contributed by atoms with van der Waals surface area (Å²) >= 11 is 0. The van der Waals surface area contributed by atoms with Gasteiger partial charge in [0.1, 0.15) is 6.61 Å². The number of rotatable bonds is 5. The number of fused-ring (bicyclic) bond motifs is 1. The van der Waals surface area contributed by atoms with Crippen LogP contribution >= 0.6 is 0 Å². The van der Waals surface area contributed by atoms with E-state index < -0.39 is 0 Å². The van der Waals surface area contributed by atoms with Gasteiger partial charge in [-0.3, -0.25) is 0 Å². The third-order valence-electron chi connectivity index (χ3n) is 3.29. The summed E-state index contributed by atoms with van der Waals surface area (Å²) in [6.45, 7) is 2.83. The van der Waals surface area contributed by atoms with Crippen LogP contribution in [0, 0.1) is 0 Å². The predicted octanol–water partition coefficient (Wildman–Crippen LogP) is 2.09. The van der Waals surface area contributed by atoms with Crippen molar-refractivity contribution in [3.8, 4) is 11.5 Å². The molecule has 0 fully saturated rings. The smallest absolute Gasteiger partial charge is 0.407 e. The van der Waals surface area contributed by atoms with Gasteiger partial charge in [-0.1, -0.05) is 0 Å². The molecule has 1 aromatic carbocycles. The molecule has 0 heterocycles. The molecule has 1 aliphatic carbocycles. The van der Waals surface area contributed by atoms with Gasteiger partial charge in [-0.25, -0.2) is 4.79 Å². The Balaban J connectivity index is 2.00. The van der Waals surface area contributed by atoms with E-state index in [0.29, 0.717) is 18.9 Å². The summed E-state index contributed by atoms with van der Waals surface area (Å²) in [4.78, 5) is 11.2. The fourth-order valence-electron chi connectivity index (χ4n) is 2.26. The van der Waals surface area contributed by atoms with Crippen LogP contribution in [0.4, 0.5) is 4.79 Å². The number of alkyl carbamates (subject to hydrolysis) is 1. The molecule has 0 unspecified atom stereocenters. The quantitative estimate of drug-likeness (QED) is 0.885. The van der Waals surface area contributed by atoms with Crippen LogP contribution in [-0.4, -0.2) is 33.5 Å². The number of hydrogen-bond donors (Lipinski definition) is 1. The van der Waals surface area contributed by atoms with Crippen molar-refractivity contribution in [1.82, 2.24) is 5.32 Å². The maximum atomic E-state index is 11.2. The summed E-state index contributed by atoms with van der Waals surface area (Å²) < 4.78 is 15.7. The third-order valence-corrected chi connectivity index (χ3v) is 3.29. The molecule has 0 saturated heterocycles. The summed E-state index contributed by atoms with van der Waals surface area (Å²) in [5.41, 5.74) is 2.39. The van der Waals surface area contributed by atoms with Crippen LogP contribution in [0.1, 0.15) is 24.0 Å². The first-order valence-electron chi connectivity index (χ1n) is 6.35. The first-order chi connectivity index (χ1) is 9.19. The molecule has 5 heteroatoms. The van der Waals surface area contributed by atoms with Crippen molar-refractivity contribution in [2.75, 3.05) is 27.4 Å². The van der Waals surface area contributed by atoms with Crippen LogP contribution in [0.3, 0.4) is 0 Å². The molecule has 0 aliphatic heterocycles. The maximum absolute atomic E-state index is 11.2. The first kappa shape index (κ1) is 13.5. The standard InChI is InChI=1S/C14H19NO4/c1-4-15-14(16)19-8-10-5-9-6-12(17-2)13(18-3)7-11(9)10/h6-7,10H,4-5,8H2,1-3H3,(H,15,16)/t10-/m1/s1. The summed E-state index contributed by atoms with van der Waals surface area (Å²) in [5.74, 6) is 1.70. The van der Waals surface area contributed by atoms with Crippen molar-refractivity contribution in [2.45, 2.75) is 19.3 Å². The molecule has 2 rings (SSSR count). The zero-order chi connectivity index (χ0) is 13.8. The average molecular weight is 265 g/mol. The van der Waals surface area contributed by atoms with E-state index in [1.165, 1.54) is 11.1 Å². The molecule has 104 valence electrons. The van der Waals surface area contributed by atoms with Gasteiger partial charge in [0.25, 0.3) is 0 Å². The highest BCUT2D eigenvalue weighted by Gasteiger charge is 2.29. The molecular formula is C14H19NO4. The Morgan fingerprint density at radius 1 is 1.32 bits per heavy atom. The number of hydrogen-bond acceptors (Lipinski definition) is 4. The fourth-order valence-corrected chi connectivity index (χ4v) is 2.26. The van der Waals surface area contributed by atoms with E-state index in [4.69, 9.17) is 14.2 Å². The Kier molecular flexibility index (Phi) is 4.14. The molecule has 19 heavy (non-hydrogen) atoms. The van der Waals surface area contributed by atoms with Gasteiger partial charge in [-0.15, -0.1) is 0 Å². The molecule has 1 amide bonds. The minimum Gasteiger partial charge on any atom is -0.493 e. The number of ether oxygens (including phenoxy) is 3. The maximum Gasteiger partial charge on any atom is 0.407 e. The lowest BCUT2D eigenvalue weighted by molar-refractivity contribution is 0.136. The van der Waals surface area contributed by atoms with Gasteiger partial charge < -0.3 is 19.5 Å². The number of methoxy groups -OCH3 is 2. The number of carbonyl (C=O) groups is 1. The Bertz CT molecular complexity index is 473. The van der Waals surface area contributed by atoms with Crippen LogP contribution in [-0.2, 0) is 11.2 Å². The third kappa shape index (κ3) is 2.75. The van der Waals surface area contributed by atoms with Crippen molar-refractivity contribution >= 4 is 6.09 Å². The summed E-state index contributed by atoms with van der Waals surface area (Å²) in [5, 5.41) is 2.61. The highest BCUT2D eigenvalue weighted by Crippen LogP contribution is 2.42. The monoisotopic (exact) mass is 265 g/mol. The minimum absolute atomic E-state index is 0.248. The van der Waals surface area contributed by atoms with Gasteiger partial charge in [-0.05, 0) is 36.6 Å². The largest absolute Gasteiger partial charge is 0.493 e. The first-order valence-corrected chi connectivity index (χ1v) is 6.35. The molecule has 5 nitrogen and oxygen atoms in total. The molecule has 0 radical (unpaired) electrons. The number of nitrogens with one attached hydrogen (secondary N) is 1. The number of carbonyl (C=O) groups excluding carboxylic acids is 1. The minimum atomic E-state index is -0.364. The second kappa shape index (κ2) is 5.82. The van der Waals surface area contributed by atoms with Crippen molar-refractivity contribution in [3.05, 3.63) is 23.3 Å². The van der Waals surface area contributed by atoms with E-state index in [1.807, 2.05) is 19.1 Å². The number of amides is 1. The number of benzene rings is 1. The van der Waals surface area contributed by atoms with E-state index >= 15 is 0 Å². The average Bonchev–Trinajstić information content (AvgIpc) is 2.39. The highest BCUT2D eigenvalue weighted by molar-refractivity contribution is 5.67. The van der Waals surface area contributed by atoms with Gasteiger partial charge in [0.05, 0.1) is 14.2 Å². The topological polar surface area (TPSA) is 56.8 Å². The SMILES string of the molecule is CCNC(=O)OC[C@H]1Cc2cc(OC)c(OC)cc21. The summed E-state index contributed by atoms with van der Waals surface area (Å²) in [7, 11) is 3.24. The van der Waals surface area contributed by atoms with Gasteiger partial charge in [0, 0.05) is 12.5 Å². The van der Waals surface area contributed by atoms with E-state index in [-0.39, 0.29) is 12.0 Å².